The molecule has 0 aromatic carbocycles. The smallest absolute Gasteiger partial charge is 0.407 e. The molecule has 2 saturated carbocycles. The largest absolute Gasteiger partial charge is 0.444 e. The Kier molecular flexibility index (Phi) is 5.18. The van der Waals surface area contributed by atoms with E-state index in [9.17, 15) is 4.79 Å². The first-order valence-electron chi connectivity index (χ1n) is 8.50. The van der Waals surface area contributed by atoms with E-state index in [-0.39, 0.29) is 11.6 Å². The molecule has 0 aromatic heterocycles. The van der Waals surface area contributed by atoms with Crippen molar-refractivity contribution in [3.8, 4) is 0 Å². The van der Waals surface area contributed by atoms with E-state index in [1.807, 2.05) is 20.8 Å². The predicted octanol–water partition coefficient (Wildman–Crippen LogP) is 3.46. The number of carbonyl (C=O) groups excluding carboxylic acids is 1. The third-order valence-electron chi connectivity index (χ3n) is 4.75. The molecular formula is C17H32N2O2. The Hall–Kier alpha value is -0.770. The van der Waals surface area contributed by atoms with Gasteiger partial charge in [0.15, 0.2) is 0 Å². The first-order chi connectivity index (χ1) is 9.78. The van der Waals surface area contributed by atoms with Crippen molar-refractivity contribution < 1.29 is 9.53 Å². The molecule has 0 saturated heterocycles. The van der Waals surface area contributed by atoms with E-state index >= 15 is 0 Å². The van der Waals surface area contributed by atoms with E-state index in [2.05, 4.69) is 17.6 Å². The van der Waals surface area contributed by atoms with Crippen molar-refractivity contribution in [3.05, 3.63) is 0 Å². The first kappa shape index (κ1) is 16.6. The van der Waals surface area contributed by atoms with Gasteiger partial charge in [0.25, 0.3) is 0 Å². The third kappa shape index (κ3) is 5.50. The quantitative estimate of drug-likeness (QED) is 0.789. The number of amides is 1. The van der Waals surface area contributed by atoms with E-state index in [0.29, 0.717) is 12.5 Å². The van der Waals surface area contributed by atoms with Crippen LogP contribution in [-0.2, 0) is 4.74 Å². The van der Waals surface area contributed by atoms with E-state index in [4.69, 9.17) is 4.74 Å². The van der Waals surface area contributed by atoms with E-state index in [0.717, 1.165) is 12.5 Å². The van der Waals surface area contributed by atoms with Crippen molar-refractivity contribution in [1.82, 2.24) is 10.6 Å². The Balaban J connectivity index is 1.78. The molecule has 0 heterocycles. The summed E-state index contributed by atoms with van der Waals surface area (Å²) < 4.78 is 5.33. The molecule has 0 aliphatic heterocycles. The van der Waals surface area contributed by atoms with Gasteiger partial charge in [-0.2, -0.15) is 0 Å². The Morgan fingerprint density at radius 2 is 1.71 bits per heavy atom. The van der Waals surface area contributed by atoms with Crippen LogP contribution in [-0.4, -0.2) is 30.3 Å². The second-order valence-electron chi connectivity index (χ2n) is 8.08. The van der Waals surface area contributed by atoms with Crippen LogP contribution < -0.4 is 10.6 Å². The normalized spacial score (nSPS) is 22.9. The second-order valence-corrected chi connectivity index (χ2v) is 8.08. The number of ether oxygens (including phenoxy) is 1. The van der Waals surface area contributed by atoms with Crippen molar-refractivity contribution in [2.24, 2.45) is 11.8 Å². The van der Waals surface area contributed by atoms with Crippen LogP contribution in [0.4, 0.5) is 4.79 Å². The summed E-state index contributed by atoms with van der Waals surface area (Å²) in [7, 11) is 0. The van der Waals surface area contributed by atoms with Crippen LogP contribution in [0, 0.1) is 11.8 Å². The second kappa shape index (κ2) is 6.55. The molecule has 4 nitrogen and oxygen atoms in total. The van der Waals surface area contributed by atoms with Gasteiger partial charge >= 0.3 is 6.09 Å². The molecule has 2 rings (SSSR count). The van der Waals surface area contributed by atoms with Crippen LogP contribution in [0.15, 0.2) is 0 Å². The maximum atomic E-state index is 11.8. The SMILES string of the molecule is CC(C)(C)OC(=O)NCC(C)(NCC1CCCC1)C1CC1. The van der Waals surface area contributed by atoms with Crippen molar-refractivity contribution in [2.45, 2.75) is 77.4 Å². The molecule has 21 heavy (non-hydrogen) atoms. The van der Waals surface area contributed by atoms with Gasteiger partial charge in [-0.3, -0.25) is 0 Å². The number of carbonyl (C=O) groups is 1. The molecule has 2 fully saturated rings. The topological polar surface area (TPSA) is 50.4 Å². The molecule has 0 spiro atoms. The highest BCUT2D eigenvalue weighted by Crippen LogP contribution is 2.39. The Bertz CT molecular complexity index is 354. The average molecular weight is 296 g/mol. The minimum atomic E-state index is -0.433. The van der Waals surface area contributed by atoms with Crippen LogP contribution in [0.1, 0.15) is 66.2 Å². The molecule has 0 aromatic rings. The lowest BCUT2D eigenvalue weighted by Gasteiger charge is -2.33. The minimum absolute atomic E-state index is 0.0134. The molecule has 1 amide bonds. The van der Waals surface area contributed by atoms with Gasteiger partial charge in [0.05, 0.1) is 0 Å². The van der Waals surface area contributed by atoms with Crippen LogP contribution in [0.2, 0.25) is 0 Å². The maximum absolute atomic E-state index is 11.8. The van der Waals surface area contributed by atoms with E-state index in [1.54, 1.807) is 0 Å². The van der Waals surface area contributed by atoms with Gasteiger partial charge in [-0.15, -0.1) is 0 Å². The van der Waals surface area contributed by atoms with E-state index in [1.165, 1.54) is 38.5 Å². The maximum Gasteiger partial charge on any atom is 0.407 e. The van der Waals surface area contributed by atoms with Crippen LogP contribution in [0.3, 0.4) is 0 Å². The highest BCUT2D eigenvalue weighted by molar-refractivity contribution is 5.67. The van der Waals surface area contributed by atoms with Crippen LogP contribution in [0.5, 0.6) is 0 Å². The highest BCUT2D eigenvalue weighted by atomic mass is 16.6. The zero-order chi connectivity index (χ0) is 15.5. The summed E-state index contributed by atoms with van der Waals surface area (Å²) >= 11 is 0. The zero-order valence-electron chi connectivity index (χ0n) is 14.1. The molecule has 1 atom stereocenters. The molecule has 2 N–H and O–H groups in total. The lowest BCUT2D eigenvalue weighted by atomic mass is 9.94. The number of hydrogen-bond acceptors (Lipinski definition) is 3. The standard InChI is InChI=1S/C17H32N2O2/c1-16(2,3)21-15(20)18-12-17(4,14-9-10-14)19-11-13-7-5-6-8-13/h13-14,19H,5-12H2,1-4H3,(H,18,20). The fourth-order valence-electron chi connectivity index (χ4n) is 3.23. The van der Waals surface area contributed by atoms with Gasteiger partial charge in [0, 0.05) is 12.1 Å². The average Bonchev–Trinajstić information content (AvgIpc) is 3.10. The summed E-state index contributed by atoms with van der Waals surface area (Å²) in [5, 5.41) is 6.70. The van der Waals surface area contributed by atoms with Gasteiger partial charge in [0.1, 0.15) is 5.60 Å². The molecule has 1 unspecified atom stereocenters. The summed E-state index contributed by atoms with van der Waals surface area (Å²) in [6, 6.07) is 0. The molecule has 4 heteroatoms. The summed E-state index contributed by atoms with van der Waals surface area (Å²) in [4.78, 5) is 11.8. The number of hydrogen-bond donors (Lipinski definition) is 2. The van der Waals surface area contributed by atoms with Crippen molar-refractivity contribution in [2.75, 3.05) is 13.1 Å². The third-order valence-corrected chi connectivity index (χ3v) is 4.75. The lowest BCUT2D eigenvalue weighted by Crippen LogP contribution is -2.54. The lowest BCUT2D eigenvalue weighted by molar-refractivity contribution is 0.0507. The highest BCUT2D eigenvalue weighted by Gasteiger charge is 2.41. The van der Waals surface area contributed by atoms with Gasteiger partial charge in [-0.25, -0.2) is 4.79 Å². The molecule has 2 aliphatic carbocycles. The van der Waals surface area contributed by atoms with Crippen molar-refractivity contribution in [1.29, 1.82) is 0 Å². The Morgan fingerprint density at radius 3 is 2.24 bits per heavy atom. The number of alkyl carbamates (subject to hydrolysis) is 1. The first-order valence-corrected chi connectivity index (χ1v) is 8.50. The van der Waals surface area contributed by atoms with Gasteiger partial charge in [0.2, 0.25) is 0 Å². The summed E-state index contributed by atoms with van der Waals surface area (Å²) in [6.45, 7) is 9.67. The zero-order valence-corrected chi connectivity index (χ0v) is 14.1. The fraction of sp³-hybridized carbons (Fsp3) is 0.941. The molecule has 0 bridgehead atoms. The van der Waals surface area contributed by atoms with E-state index < -0.39 is 5.60 Å². The summed E-state index contributed by atoms with van der Waals surface area (Å²) in [5.41, 5.74) is -0.420. The molecular weight excluding hydrogens is 264 g/mol. The van der Waals surface area contributed by atoms with Gasteiger partial charge in [-0.05, 0) is 71.8 Å². The predicted molar refractivity (Wildman–Crippen MR) is 85.3 cm³/mol. The van der Waals surface area contributed by atoms with Crippen LogP contribution >= 0.6 is 0 Å². The summed E-state index contributed by atoms with van der Waals surface area (Å²) in [5.74, 6) is 1.51. The van der Waals surface area contributed by atoms with Crippen LogP contribution in [0.25, 0.3) is 0 Å². The monoisotopic (exact) mass is 296 g/mol. The van der Waals surface area contributed by atoms with Crippen molar-refractivity contribution >= 4 is 6.09 Å². The van der Waals surface area contributed by atoms with Crippen molar-refractivity contribution in [3.63, 3.8) is 0 Å². The Labute approximate surface area is 129 Å². The fourth-order valence-corrected chi connectivity index (χ4v) is 3.23. The number of rotatable bonds is 6. The summed E-state index contributed by atoms with van der Waals surface area (Å²) in [6.07, 6.45) is 7.69. The minimum Gasteiger partial charge on any atom is -0.444 e. The van der Waals surface area contributed by atoms with Gasteiger partial charge in [-0.1, -0.05) is 12.8 Å². The Morgan fingerprint density at radius 1 is 1.10 bits per heavy atom. The molecule has 2 aliphatic rings. The number of nitrogens with one attached hydrogen (secondary N) is 2. The molecule has 0 radical (unpaired) electrons. The van der Waals surface area contributed by atoms with Gasteiger partial charge < -0.3 is 15.4 Å². The molecule has 122 valence electrons.